The van der Waals surface area contributed by atoms with E-state index in [1.165, 1.54) is 35.2 Å². The second kappa shape index (κ2) is 12.7. The number of amides is 4. The van der Waals surface area contributed by atoms with Crippen molar-refractivity contribution in [1.29, 1.82) is 0 Å². The number of benzene rings is 2. The van der Waals surface area contributed by atoms with Crippen molar-refractivity contribution < 1.29 is 28.7 Å². The molecule has 3 aromatic rings. The lowest BCUT2D eigenvalue weighted by atomic mass is 10.1. The van der Waals surface area contributed by atoms with Gasteiger partial charge in [0.15, 0.2) is 0 Å². The molecule has 12 nitrogen and oxygen atoms in total. The van der Waals surface area contributed by atoms with Crippen LogP contribution in [0.25, 0.3) is 10.9 Å². The van der Waals surface area contributed by atoms with E-state index >= 15 is 0 Å². The van der Waals surface area contributed by atoms with Gasteiger partial charge < -0.3 is 24.3 Å². The van der Waals surface area contributed by atoms with Gasteiger partial charge in [-0.1, -0.05) is 23.7 Å². The van der Waals surface area contributed by atoms with Crippen molar-refractivity contribution in [2.24, 2.45) is 0 Å². The van der Waals surface area contributed by atoms with E-state index in [4.69, 9.17) is 21.1 Å². The first-order valence-corrected chi connectivity index (χ1v) is 14.1. The van der Waals surface area contributed by atoms with Crippen LogP contribution >= 0.6 is 11.6 Å². The van der Waals surface area contributed by atoms with Gasteiger partial charge in [0, 0.05) is 37.6 Å². The Bertz CT molecular complexity index is 1610. The molecule has 43 heavy (non-hydrogen) atoms. The van der Waals surface area contributed by atoms with Crippen LogP contribution in [0.15, 0.2) is 47.3 Å². The summed E-state index contributed by atoms with van der Waals surface area (Å²) in [7, 11) is 3.10. The summed E-state index contributed by atoms with van der Waals surface area (Å²) in [5, 5.41) is 1.41. The molecular weight excluding hydrogens is 578 g/mol. The lowest BCUT2D eigenvalue weighted by Gasteiger charge is -2.27. The number of carbonyl (C=O) groups excluding carboxylic acids is 4. The zero-order valence-corrected chi connectivity index (χ0v) is 25.4. The molecule has 0 bridgehead atoms. The smallest absolute Gasteiger partial charge is 0.426 e. The van der Waals surface area contributed by atoms with Crippen LogP contribution < -0.4 is 15.6 Å². The number of nitrogens with one attached hydrogen (secondary N) is 2. The minimum absolute atomic E-state index is 0.148. The summed E-state index contributed by atoms with van der Waals surface area (Å²) in [5.74, 6) is -1.16. The summed E-state index contributed by atoms with van der Waals surface area (Å²) in [6, 6.07) is 10.7. The van der Waals surface area contributed by atoms with Gasteiger partial charge in [-0.15, -0.1) is 0 Å². The highest BCUT2D eigenvalue weighted by molar-refractivity contribution is 6.31. The number of halogens is 1. The van der Waals surface area contributed by atoms with Gasteiger partial charge in [0.2, 0.25) is 5.43 Å². The van der Waals surface area contributed by atoms with E-state index in [9.17, 15) is 24.0 Å². The molecule has 1 aliphatic rings. The summed E-state index contributed by atoms with van der Waals surface area (Å²) in [6.45, 7) is 5.74. The maximum Gasteiger partial charge on any atom is 0.426 e. The Balaban J connectivity index is 1.76. The van der Waals surface area contributed by atoms with Crippen molar-refractivity contribution in [1.82, 2.24) is 25.2 Å². The monoisotopic (exact) mass is 611 g/mol. The molecule has 2 aromatic carbocycles. The molecule has 1 fully saturated rings. The number of aromatic nitrogens is 1. The molecule has 4 rings (SSSR count). The quantitative estimate of drug-likeness (QED) is 0.403. The van der Waals surface area contributed by atoms with Crippen LogP contribution in [0.5, 0.6) is 5.75 Å². The molecular formula is C30H34ClN5O7. The first-order valence-electron chi connectivity index (χ1n) is 13.7. The molecule has 0 atom stereocenters. The number of ether oxygens (including phenoxy) is 2. The fourth-order valence-electron chi connectivity index (χ4n) is 4.45. The SMILES string of the molecule is CN(C)C(=O)Oc1ccc(CN(NC(=O)OC(C)(C)C)C(=O)c2c(C(=O)N3CCCC3)[nH]c3cc(Cl)ccc3c2=O)cc1. The average molecular weight is 612 g/mol. The molecule has 0 aliphatic carbocycles. The standard InChI is InChI=1S/C30H34ClN5O7/c1-30(2,3)43-28(40)33-36(17-18-8-11-20(12-9-18)42-29(41)34(4)5)26(38)23-24(27(39)35-14-6-7-15-35)32-22-16-19(31)10-13-21(22)25(23)37/h8-13,16H,6-7,14-15,17H2,1-5H3,(H,32,37)(H,33,40). The molecule has 228 valence electrons. The maximum absolute atomic E-state index is 14.2. The zero-order valence-electron chi connectivity index (χ0n) is 24.7. The number of hydrogen-bond acceptors (Lipinski definition) is 7. The highest BCUT2D eigenvalue weighted by Crippen LogP contribution is 2.22. The Morgan fingerprint density at radius 2 is 1.67 bits per heavy atom. The maximum atomic E-state index is 14.2. The van der Waals surface area contributed by atoms with Gasteiger partial charge in [-0.25, -0.2) is 20.0 Å². The van der Waals surface area contributed by atoms with E-state index in [2.05, 4.69) is 10.4 Å². The summed E-state index contributed by atoms with van der Waals surface area (Å²) < 4.78 is 10.6. The molecule has 1 saturated heterocycles. The van der Waals surface area contributed by atoms with Crippen LogP contribution in [0.1, 0.15) is 60.0 Å². The average Bonchev–Trinajstić information content (AvgIpc) is 3.47. The Morgan fingerprint density at radius 3 is 2.28 bits per heavy atom. The van der Waals surface area contributed by atoms with Crippen LogP contribution in [0, 0.1) is 0 Å². The number of aromatic amines is 1. The van der Waals surface area contributed by atoms with E-state index in [0.29, 0.717) is 29.2 Å². The molecule has 0 unspecified atom stereocenters. The molecule has 0 spiro atoms. The van der Waals surface area contributed by atoms with Gasteiger partial charge in [-0.2, -0.15) is 0 Å². The number of hydrazine groups is 1. The largest absolute Gasteiger partial charge is 0.443 e. The summed E-state index contributed by atoms with van der Waals surface area (Å²) >= 11 is 6.15. The number of rotatable bonds is 5. The number of H-pyrrole nitrogens is 1. The number of carbonyl (C=O) groups is 4. The third kappa shape index (κ3) is 7.63. The molecule has 0 radical (unpaired) electrons. The third-order valence-corrected chi connectivity index (χ3v) is 6.72. The van der Waals surface area contributed by atoms with Crippen LogP contribution in [-0.4, -0.2) is 76.6 Å². The molecule has 1 aliphatic heterocycles. The summed E-state index contributed by atoms with van der Waals surface area (Å²) in [4.78, 5) is 72.1. The van der Waals surface area contributed by atoms with Crippen molar-refractivity contribution >= 4 is 46.5 Å². The molecule has 0 saturated carbocycles. The first-order chi connectivity index (χ1) is 20.2. The van der Waals surface area contributed by atoms with Crippen LogP contribution in [0.2, 0.25) is 5.02 Å². The second-order valence-corrected chi connectivity index (χ2v) is 11.7. The number of pyridine rings is 1. The van der Waals surface area contributed by atoms with Crippen LogP contribution in [-0.2, 0) is 11.3 Å². The highest BCUT2D eigenvalue weighted by Gasteiger charge is 2.32. The minimum Gasteiger partial charge on any atom is -0.443 e. The lowest BCUT2D eigenvalue weighted by molar-refractivity contribution is 0.0280. The normalized spacial score (nSPS) is 13.0. The predicted molar refractivity (Wildman–Crippen MR) is 160 cm³/mol. The van der Waals surface area contributed by atoms with Crippen LogP contribution in [0.3, 0.4) is 0 Å². The number of hydrogen-bond donors (Lipinski definition) is 2. The molecule has 1 aromatic heterocycles. The molecule has 13 heteroatoms. The van der Waals surface area contributed by atoms with Gasteiger partial charge in [0.05, 0.1) is 12.1 Å². The van der Waals surface area contributed by atoms with Gasteiger partial charge in [-0.05, 0) is 69.5 Å². The van der Waals surface area contributed by atoms with Crippen molar-refractivity contribution in [3.05, 3.63) is 74.5 Å². The third-order valence-electron chi connectivity index (χ3n) is 6.49. The Kier molecular flexibility index (Phi) is 9.29. The van der Waals surface area contributed by atoms with Crippen molar-refractivity contribution in [3.63, 3.8) is 0 Å². The Morgan fingerprint density at radius 1 is 1.02 bits per heavy atom. The van der Waals surface area contributed by atoms with Gasteiger partial charge in [0.25, 0.3) is 11.8 Å². The summed E-state index contributed by atoms with van der Waals surface area (Å²) in [5.41, 5.74) is 1.04. The van der Waals surface area contributed by atoms with Crippen molar-refractivity contribution in [2.45, 2.75) is 45.8 Å². The van der Waals surface area contributed by atoms with E-state index in [1.54, 1.807) is 51.9 Å². The minimum atomic E-state index is -0.936. The second-order valence-electron chi connectivity index (χ2n) is 11.3. The van der Waals surface area contributed by atoms with E-state index in [-0.39, 0.29) is 23.4 Å². The fraction of sp³-hybridized carbons (Fsp3) is 0.367. The molecule has 2 N–H and O–H groups in total. The van der Waals surface area contributed by atoms with Gasteiger partial charge in [-0.3, -0.25) is 14.4 Å². The molecule has 2 heterocycles. The predicted octanol–water partition coefficient (Wildman–Crippen LogP) is 4.56. The van der Waals surface area contributed by atoms with Crippen LogP contribution in [0.4, 0.5) is 9.59 Å². The highest BCUT2D eigenvalue weighted by atomic mass is 35.5. The molecule has 4 amide bonds. The van der Waals surface area contributed by atoms with E-state index in [1.807, 2.05) is 0 Å². The van der Waals surface area contributed by atoms with Crippen molar-refractivity contribution in [2.75, 3.05) is 27.2 Å². The number of likely N-dealkylation sites (tertiary alicyclic amines) is 1. The Hall–Kier alpha value is -4.58. The number of fused-ring (bicyclic) bond motifs is 1. The van der Waals surface area contributed by atoms with Gasteiger partial charge >= 0.3 is 12.2 Å². The van der Waals surface area contributed by atoms with E-state index in [0.717, 1.165) is 17.9 Å². The van der Waals surface area contributed by atoms with Gasteiger partial charge in [0.1, 0.15) is 22.6 Å². The fourth-order valence-corrected chi connectivity index (χ4v) is 4.62. The Labute approximate surface area is 253 Å². The van der Waals surface area contributed by atoms with E-state index < -0.39 is 40.6 Å². The first kappa shape index (κ1) is 31.4. The van der Waals surface area contributed by atoms with Crippen molar-refractivity contribution in [3.8, 4) is 5.75 Å². The number of nitrogens with zero attached hydrogens (tertiary/aromatic N) is 3. The summed E-state index contributed by atoms with van der Waals surface area (Å²) in [6.07, 6.45) is 0.0901. The lowest BCUT2D eigenvalue weighted by Crippen LogP contribution is -2.49. The topological polar surface area (TPSA) is 141 Å². The zero-order chi connectivity index (χ0) is 31.5.